The van der Waals surface area contributed by atoms with Gasteiger partial charge in [-0.1, -0.05) is 13.8 Å². The summed E-state index contributed by atoms with van der Waals surface area (Å²) in [6, 6.07) is 0. The molecule has 13 heavy (non-hydrogen) atoms. The summed E-state index contributed by atoms with van der Waals surface area (Å²) in [5, 5.41) is 1.24. The molecule has 2 N–H and O–H groups in total. The highest BCUT2D eigenvalue weighted by atomic mass is 32.1. The maximum absolute atomic E-state index is 5.59. The first-order chi connectivity index (χ1) is 6.13. The van der Waals surface area contributed by atoms with Crippen molar-refractivity contribution in [2.75, 3.05) is 0 Å². The molecule has 0 unspecified atom stereocenters. The molecule has 0 radical (unpaired) electrons. The molecule has 1 heterocycles. The minimum atomic E-state index is 0.630. The van der Waals surface area contributed by atoms with Crippen molar-refractivity contribution < 1.29 is 0 Å². The van der Waals surface area contributed by atoms with Crippen molar-refractivity contribution in [2.45, 2.75) is 40.2 Å². The van der Waals surface area contributed by atoms with Crippen LogP contribution in [0.1, 0.15) is 35.8 Å². The number of thiazole rings is 1. The Morgan fingerprint density at radius 2 is 2.15 bits per heavy atom. The number of nitrogens with zero attached hydrogens (tertiary/aromatic N) is 1. The van der Waals surface area contributed by atoms with Crippen molar-refractivity contribution in [2.24, 2.45) is 11.7 Å². The van der Waals surface area contributed by atoms with Crippen LogP contribution in [-0.4, -0.2) is 4.98 Å². The van der Waals surface area contributed by atoms with Gasteiger partial charge in [-0.3, -0.25) is 0 Å². The lowest BCUT2D eigenvalue weighted by Crippen LogP contribution is -1.94. The van der Waals surface area contributed by atoms with Crippen LogP contribution < -0.4 is 5.73 Å². The Morgan fingerprint density at radius 3 is 2.62 bits per heavy atom. The van der Waals surface area contributed by atoms with Gasteiger partial charge in [-0.2, -0.15) is 0 Å². The first kappa shape index (κ1) is 10.7. The van der Waals surface area contributed by atoms with Crippen LogP contribution in [-0.2, 0) is 13.0 Å². The Hall–Kier alpha value is -0.410. The third kappa shape index (κ3) is 3.08. The van der Waals surface area contributed by atoms with Crippen molar-refractivity contribution in [3.8, 4) is 0 Å². The molecule has 0 spiro atoms. The smallest absolute Gasteiger partial charge is 0.0931 e. The molecule has 0 amide bonds. The van der Waals surface area contributed by atoms with E-state index in [0.29, 0.717) is 6.54 Å². The number of rotatable bonds is 4. The first-order valence-electron chi connectivity index (χ1n) is 4.78. The quantitative estimate of drug-likeness (QED) is 0.807. The molecule has 2 nitrogen and oxygen atoms in total. The van der Waals surface area contributed by atoms with Gasteiger partial charge in [0.05, 0.1) is 10.7 Å². The molecule has 0 aliphatic rings. The number of hydrogen-bond donors (Lipinski definition) is 1. The maximum Gasteiger partial charge on any atom is 0.0931 e. The second kappa shape index (κ2) is 4.72. The van der Waals surface area contributed by atoms with Crippen LogP contribution in [0.25, 0.3) is 0 Å². The van der Waals surface area contributed by atoms with E-state index in [1.54, 1.807) is 11.3 Å². The summed E-state index contributed by atoms with van der Waals surface area (Å²) in [6.45, 7) is 7.15. The average molecular weight is 198 g/mol. The second-order valence-electron chi connectivity index (χ2n) is 3.75. The third-order valence-corrected chi connectivity index (χ3v) is 3.30. The van der Waals surface area contributed by atoms with E-state index in [1.807, 2.05) is 6.92 Å². The van der Waals surface area contributed by atoms with E-state index < -0.39 is 0 Å². The van der Waals surface area contributed by atoms with Crippen LogP contribution >= 0.6 is 11.3 Å². The zero-order chi connectivity index (χ0) is 9.84. The third-order valence-electron chi connectivity index (χ3n) is 2.06. The second-order valence-corrected chi connectivity index (χ2v) is 4.92. The van der Waals surface area contributed by atoms with E-state index in [2.05, 4.69) is 18.8 Å². The molecule has 74 valence electrons. The van der Waals surface area contributed by atoms with Gasteiger partial charge >= 0.3 is 0 Å². The van der Waals surface area contributed by atoms with Crippen LogP contribution in [0.5, 0.6) is 0 Å². The fourth-order valence-electron chi connectivity index (χ4n) is 1.20. The first-order valence-corrected chi connectivity index (χ1v) is 5.60. The van der Waals surface area contributed by atoms with Crippen molar-refractivity contribution in [3.05, 3.63) is 15.6 Å². The highest BCUT2D eigenvalue weighted by Gasteiger charge is 2.06. The maximum atomic E-state index is 5.59. The molecular weight excluding hydrogens is 180 g/mol. The number of aromatic nitrogens is 1. The van der Waals surface area contributed by atoms with Gasteiger partial charge in [-0.25, -0.2) is 4.98 Å². The molecule has 0 bridgehead atoms. The minimum absolute atomic E-state index is 0.630. The van der Waals surface area contributed by atoms with E-state index in [-0.39, 0.29) is 0 Å². The molecule has 0 saturated heterocycles. The molecule has 1 rings (SSSR count). The fraction of sp³-hybridized carbons (Fsp3) is 0.700. The van der Waals surface area contributed by atoms with E-state index in [4.69, 9.17) is 5.73 Å². The van der Waals surface area contributed by atoms with Gasteiger partial charge in [-0.15, -0.1) is 11.3 Å². The summed E-state index contributed by atoms with van der Waals surface area (Å²) >= 11 is 1.77. The Balaban J connectivity index is 2.57. The van der Waals surface area contributed by atoms with Gasteiger partial charge in [0.2, 0.25) is 0 Å². The highest BCUT2D eigenvalue weighted by Crippen LogP contribution is 2.19. The SMILES string of the molecule is Cc1nc(CCC(C)C)sc1CN. The molecule has 3 heteroatoms. The lowest BCUT2D eigenvalue weighted by molar-refractivity contribution is 0.585. The highest BCUT2D eigenvalue weighted by molar-refractivity contribution is 7.11. The molecule has 0 aliphatic carbocycles. The van der Waals surface area contributed by atoms with Gasteiger partial charge in [0.25, 0.3) is 0 Å². The van der Waals surface area contributed by atoms with Crippen LogP contribution in [0.15, 0.2) is 0 Å². The number of hydrogen-bond acceptors (Lipinski definition) is 3. The van der Waals surface area contributed by atoms with E-state index in [9.17, 15) is 0 Å². The van der Waals surface area contributed by atoms with Crippen LogP contribution in [0.4, 0.5) is 0 Å². The van der Waals surface area contributed by atoms with Crippen molar-refractivity contribution in [1.29, 1.82) is 0 Å². The molecule has 1 aromatic rings. The van der Waals surface area contributed by atoms with Gasteiger partial charge in [0.15, 0.2) is 0 Å². The standard InChI is InChI=1S/C10H18N2S/c1-7(2)4-5-10-12-8(3)9(6-11)13-10/h7H,4-6,11H2,1-3H3. The van der Waals surface area contributed by atoms with Crippen LogP contribution in [0.2, 0.25) is 0 Å². The normalized spacial score (nSPS) is 11.2. The van der Waals surface area contributed by atoms with Crippen molar-refractivity contribution >= 4 is 11.3 Å². The Kier molecular flexibility index (Phi) is 3.88. The van der Waals surface area contributed by atoms with Crippen LogP contribution in [0.3, 0.4) is 0 Å². The van der Waals surface area contributed by atoms with Crippen molar-refractivity contribution in [3.63, 3.8) is 0 Å². The summed E-state index contributed by atoms with van der Waals surface area (Å²) in [4.78, 5) is 5.73. The summed E-state index contributed by atoms with van der Waals surface area (Å²) in [5.74, 6) is 0.755. The molecular formula is C10H18N2S. The molecule has 0 aromatic carbocycles. The fourth-order valence-corrected chi connectivity index (χ4v) is 2.16. The Labute approximate surface area is 84.2 Å². The monoisotopic (exact) mass is 198 g/mol. The van der Waals surface area contributed by atoms with Gasteiger partial charge < -0.3 is 5.73 Å². The lowest BCUT2D eigenvalue weighted by atomic mass is 10.1. The van der Waals surface area contributed by atoms with E-state index >= 15 is 0 Å². The summed E-state index contributed by atoms with van der Waals surface area (Å²) < 4.78 is 0. The Morgan fingerprint density at radius 1 is 1.46 bits per heavy atom. The van der Waals surface area contributed by atoms with Crippen LogP contribution in [0, 0.1) is 12.8 Å². The van der Waals surface area contributed by atoms with Gasteiger partial charge in [0.1, 0.15) is 0 Å². The summed E-state index contributed by atoms with van der Waals surface area (Å²) in [6.07, 6.45) is 2.32. The number of nitrogens with two attached hydrogens (primary N) is 1. The predicted octanol–water partition coefficient (Wildman–Crippen LogP) is 2.50. The van der Waals surface area contributed by atoms with E-state index in [0.717, 1.165) is 18.0 Å². The molecule has 1 aromatic heterocycles. The topological polar surface area (TPSA) is 38.9 Å². The largest absolute Gasteiger partial charge is 0.326 e. The van der Waals surface area contributed by atoms with Crippen molar-refractivity contribution in [1.82, 2.24) is 4.98 Å². The Bertz CT molecular complexity index is 266. The molecule has 0 saturated carbocycles. The predicted molar refractivity (Wildman–Crippen MR) is 57.9 cm³/mol. The summed E-state index contributed by atoms with van der Waals surface area (Å²) in [5.41, 5.74) is 6.71. The average Bonchev–Trinajstić information content (AvgIpc) is 2.43. The summed E-state index contributed by atoms with van der Waals surface area (Å²) in [7, 11) is 0. The van der Waals surface area contributed by atoms with E-state index in [1.165, 1.54) is 16.3 Å². The molecule has 0 aliphatic heterocycles. The molecule has 0 atom stereocenters. The van der Waals surface area contributed by atoms with Gasteiger partial charge in [-0.05, 0) is 25.7 Å². The molecule has 0 fully saturated rings. The number of aryl methyl sites for hydroxylation is 2. The lowest BCUT2D eigenvalue weighted by Gasteiger charge is -1.99. The zero-order valence-electron chi connectivity index (χ0n) is 8.63. The van der Waals surface area contributed by atoms with Gasteiger partial charge in [0, 0.05) is 11.4 Å². The minimum Gasteiger partial charge on any atom is -0.326 e. The zero-order valence-corrected chi connectivity index (χ0v) is 9.45.